The van der Waals surface area contributed by atoms with E-state index in [-0.39, 0.29) is 5.91 Å². The van der Waals surface area contributed by atoms with E-state index >= 15 is 0 Å². The monoisotopic (exact) mass is 260 g/mol. The second kappa shape index (κ2) is 4.76. The summed E-state index contributed by atoms with van der Waals surface area (Å²) in [6.45, 7) is 0.890. The molecule has 4 nitrogen and oxygen atoms in total. The molecule has 0 unspecified atom stereocenters. The molecule has 0 saturated heterocycles. The number of ether oxygens (including phenoxy) is 1. The summed E-state index contributed by atoms with van der Waals surface area (Å²) in [5.74, 6) is 1.39. The molecule has 2 saturated carbocycles. The Morgan fingerprint density at radius 2 is 2.11 bits per heavy atom. The van der Waals surface area contributed by atoms with Crippen molar-refractivity contribution in [1.29, 1.82) is 0 Å². The number of hydrogen-bond donors (Lipinski definition) is 1. The van der Waals surface area contributed by atoms with Gasteiger partial charge in [-0.2, -0.15) is 0 Å². The number of methoxy groups -OCH3 is 1. The third-order valence-electron chi connectivity index (χ3n) is 3.85. The fourth-order valence-corrected chi connectivity index (χ4v) is 2.41. The molecule has 0 heterocycles. The molecule has 4 heteroatoms. The Morgan fingerprint density at radius 1 is 1.37 bits per heavy atom. The normalized spacial score (nSPS) is 18.2. The van der Waals surface area contributed by atoms with Crippen LogP contribution in [-0.2, 0) is 0 Å². The van der Waals surface area contributed by atoms with E-state index in [0.29, 0.717) is 29.0 Å². The van der Waals surface area contributed by atoms with Gasteiger partial charge in [0.05, 0.1) is 12.7 Å². The highest BCUT2D eigenvalue weighted by atomic mass is 16.5. The Bertz CT molecular complexity index is 493. The van der Waals surface area contributed by atoms with E-state index < -0.39 is 0 Å². The summed E-state index contributed by atoms with van der Waals surface area (Å²) in [5.41, 5.74) is 6.99. The van der Waals surface area contributed by atoms with Gasteiger partial charge in [0.15, 0.2) is 0 Å². The number of nitrogen functional groups attached to an aromatic ring is 1. The standard InChI is InChI=1S/C15H20N2O2/c1-19-14-7-4-11(16)8-13(14)15(18)17(12-5-6-12)9-10-2-3-10/h4,7-8,10,12H,2-3,5-6,9,16H2,1H3. The number of hydrogen-bond acceptors (Lipinski definition) is 3. The number of benzene rings is 1. The van der Waals surface area contributed by atoms with Gasteiger partial charge in [0.1, 0.15) is 5.75 Å². The summed E-state index contributed by atoms with van der Waals surface area (Å²) < 4.78 is 5.29. The molecule has 1 aromatic rings. The molecule has 19 heavy (non-hydrogen) atoms. The van der Waals surface area contributed by atoms with Crippen molar-refractivity contribution in [2.75, 3.05) is 19.4 Å². The lowest BCUT2D eigenvalue weighted by atomic mass is 10.1. The minimum absolute atomic E-state index is 0.0681. The number of anilines is 1. The van der Waals surface area contributed by atoms with Crippen LogP contribution in [0.3, 0.4) is 0 Å². The zero-order valence-corrected chi connectivity index (χ0v) is 11.3. The van der Waals surface area contributed by atoms with Gasteiger partial charge < -0.3 is 15.4 Å². The summed E-state index contributed by atoms with van der Waals surface area (Å²) in [5, 5.41) is 0. The average molecular weight is 260 g/mol. The third-order valence-corrected chi connectivity index (χ3v) is 3.85. The maximum Gasteiger partial charge on any atom is 0.257 e. The molecule has 2 N–H and O–H groups in total. The number of carbonyl (C=O) groups is 1. The zero-order valence-electron chi connectivity index (χ0n) is 11.3. The summed E-state index contributed by atoms with van der Waals surface area (Å²) in [7, 11) is 1.59. The van der Waals surface area contributed by atoms with Crippen LogP contribution in [0.15, 0.2) is 18.2 Å². The van der Waals surface area contributed by atoms with Crippen molar-refractivity contribution in [3.8, 4) is 5.75 Å². The van der Waals surface area contributed by atoms with Gasteiger partial charge in [-0.25, -0.2) is 0 Å². The fourth-order valence-electron chi connectivity index (χ4n) is 2.41. The van der Waals surface area contributed by atoms with Crippen LogP contribution >= 0.6 is 0 Å². The molecule has 0 aliphatic heterocycles. The van der Waals surface area contributed by atoms with E-state index in [1.54, 1.807) is 25.3 Å². The quantitative estimate of drug-likeness (QED) is 0.826. The van der Waals surface area contributed by atoms with Crippen LogP contribution in [0, 0.1) is 5.92 Å². The Morgan fingerprint density at radius 3 is 2.68 bits per heavy atom. The lowest BCUT2D eigenvalue weighted by Gasteiger charge is -2.23. The van der Waals surface area contributed by atoms with Crippen molar-refractivity contribution >= 4 is 11.6 Å². The SMILES string of the molecule is COc1ccc(N)cc1C(=O)N(CC1CC1)C1CC1. The first kappa shape index (κ1) is 12.3. The molecule has 1 amide bonds. The lowest BCUT2D eigenvalue weighted by Crippen LogP contribution is -2.35. The maximum atomic E-state index is 12.7. The minimum atomic E-state index is 0.0681. The molecule has 2 aliphatic carbocycles. The Hall–Kier alpha value is -1.71. The molecular formula is C15H20N2O2. The first-order chi connectivity index (χ1) is 9.19. The Kier molecular flexibility index (Phi) is 3.09. The summed E-state index contributed by atoms with van der Waals surface area (Å²) in [6, 6.07) is 5.69. The van der Waals surface area contributed by atoms with E-state index in [1.807, 2.05) is 4.90 Å². The predicted octanol–water partition coefficient (Wildman–Crippen LogP) is 2.29. The topological polar surface area (TPSA) is 55.6 Å². The molecule has 0 bridgehead atoms. The van der Waals surface area contributed by atoms with Crippen molar-refractivity contribution in [2.24, 2.45) is 5.92 Å². The van der Waals surface area contributed by atoms with E-state index in [2.05, 4.69) is 0 Å². The van der Waals surface area contributed by atoms with Gasteiger partial charge in [-0.1, -0.05) is 0 Å². The van der Waals surface area contributed by atoms with Crippen molar-refractivity contribution in [1.82, 2.24) is 4.90 Å². The largest absolute Gasteiger partial charge is 0.496 e. The molecule has 2 aliphatic rings. The van der Waals surface area contributed by atoms with Gasteiger partial charge in [-0.15, -0.1) is 0 Å². The molecule has 0 radical (unpaired) electrons. The summed E-state index contributed by atoms with van der Waals surface area (Å²) in [4.78, 5) is 14.7. The zero-order chi connectivity index (χ0) is 13.4. The molecule has 0 atom stereocenters. The van der Waals surface area contributed by atoms with Gasteiger partial charge in [-0.3, -0.25) is 4.79 Å². The second-order valence-electron chi connectivity index (χ2n) is 5.59. The first-order valence-corrected chi connectivity index (χ1v) is 6.93. The van der Waals surface area contributed by atoms with Gasteiger partial charge in [-0.05, 0) is 49.8 Å². The van der Waals surface area contributed by atoms with Crippen LogP contribution < -0.4 is 10.5 Å². The highest BCUT2D eigenvalue weighted by Gasteiger charge is 2.37. The van der Waals surface area contributed by atoms with Crippen LogP contribution in [0.25, 0.3) is 0 Å². The van der Waals surface area contributed by atoms with E-state index in [9.17, 15) is 4.79 Å². The number of nitrogens with zero attached hydrogens (tertiary/aromatic N) is 1. The molecule has 0 spiro atoms. The van der Waals surface area contributed by atoms with Crippen molar-refractivity contribution in [3.05, 3.63) is 23.8 Å². The van der Waals surface area contributed by atoms with E-state index in [0.717, 1.165) is 19.4 Å². The van der Waals surface area contributed by atoms with Gasteiger partial charge in [0, 0.05) is 18.3 Å². The molecular weight excluding hydrogens is 240 g/mol. The smallest absolute Gasteiger partial charge is 0.257 e. The molecule has 102 valence electrons. The van der Waals surface area contributed by atoms with Crippen molar-refractivity contribution < 1.29 is 9.53 Å². The second-order valence-corrected chi connectivity index (χ2v) is 5.59. The van der Waals surface area contributed by atoms with Crippen molar-refractivity contribution in [3.63, 3.8) is 0 Å². The third kappa shape index (κ3) is 2.67. The molecule has 3 rings (SSSR count). The lowest BCUT2D eigenvalue weighted by molar-refractivity contribution is 0.0731. The minimum Gasteiger partial charge on any atom is -0.496 e. The van der Waals surface area contributed by atoms with Crippen LogP contribution in [0.4, 0.5) is 5.69 Å². The Labute approximate surface area is 113 Å². The average Bonchev–Trinajstić information content (AvgIpc) is 3.27. The number of rotatable bonds is 5. The molecule has 2 fully saturated rings. The van der Waals surface area contributed by atoms with E-state index in [1.165, 1.54) is 12.8 Å². The highest BCUT2D eigenvalue weighted by molar-refractivity contribution is 5.98. The number of nitrogens with two attached hydrogens (primary N) is 1. The summed E-state index contributed by atoms with van der Waals surface area (Å²) >= 11 is 0. The van der Waals surface area contributed by atoms with Crippen LogP contribution in [-0.4, -0.2) is 30.5 Å². The summed E-state index contributed by atoms with van der Waals surface area (Å²) in [6.07, 6.45) is 4.77. The van der Waals surface area contributed by atoms with Gasteiger partial charge in [0.25, 0.3) is 5.91 Å². The number of carbonyl (C=O) groups excluding carboxylic acids is 1. The molecule has 0 aromatic heterocycles. The molecule has 1 aromatic carbocycles. The number of amides is 1. The van der Waals surface area contributed by atoms with Crippen LogP contribution in [0.2, 0.25) is 0 Å². The first-order valence-electron chi connectivity index (χ1n) is 6.93. The van der Waals surface area contributed by atoms with Crippen molar-refractivity contribution in [2.45, 2.75) is 31.7 Å². The predicted molar refractivity (Wildman–Crippen MR) is 74.2 cm³/mol. The van der Waals surface area contributed by atoms with Gasteiger partial charge in [0.2, 0.25) is 0 Å². The van der Waals surface area contributed by atoms with Crippen LogP contribution in [0.1, 0.15) is 36.0 Å². The fraction of sp³-hybridized carbons (Fsp3) is 0.533. The highest BCUT2D eigenvalue weighted by Crippen LogP contribution is 2.36. The Balaban J connectivity index is 1.85. The maximum absolute atomic E-state index is 12.7. The van der Waals surface area contributed by atoms with Gasteiger partial charge >= 0.3 is 0 Å². The van der Waals surface area contributed by atoms with Crippen LogP contribution in [0.5, 0.6) is 5.75 Å². The van der Waals surface area contributed by atoms with E-state index in [4.69, 9.17) is 10.5 Å².